The third-order valence-electron chi connectivity index (χ3n) is 1.95. The van der Waals surface area contributed by atoms with Crippen LogP contribution in [0.5, 0.6) is 0 Å². The SMILES string of the molecule is C=CCN1CCNCC1NS(=O)O. The Morgan fingerprint density at radius 2 is 2.62 bits per heavy atom. The summed E-state index contributed by atoms with van der Waals surface area (Å²) >= 11 is -1.95. The van der Waals surface area contributed by atoms with E-state index in [-0.39, 0.29) is 6.17 Å². The van der Waals surface area contributed by atoms with E-state index in [1.165, 1.54) is 0 Å². The van der Waals surface area contributed by atoms with Crippen LogP contribution in [-0.4, -0.2) is 46.0 Å². The minimum Gasteiger partial charge on any atom is -0.313 e. The number of nitrogens with zero attached hydrogens (tertiary/aromatic N) is 1. The quantitative estimate of drug-likeness (QED) is 0.412. The van der Waals surface area contributed by atoms with Crippen molar-refractivity contribution in [3.8, 4) is 0 Å². The van der Waals surface area contributed by atoms with Gasteiger partial charge in [0.05, 0.1) is 6.17 Å². The predicted molar refractivity (Wildman–Crippen MR) is 52.3 cm³/mol. The molecule has 5 nitrogen and oxygen atoms in total. The molecule has 1 fully saturated rings. The van der Waals surface area contributed by atoms with Crippen LogP contribution in [0.4, 0.5) is 0 Å². The van der Waals surface area contributed by atoms with Crippen LogP contribution in [0.3, 0.4) is 0 Å². The molecule has 2 atom stereocenters. The summed E-state index contributed by atoms with van der Waals surface area (Å²) in [5.41, 5.74) is 0. The van der Waals surface area contributed by atoms with Crippen molar-refractivity contribution in [1.29, 1.82) is 0 Å². The minimum atomic E-state index is -1.95. The Kier molecular flexibility index (Phi) is 4.54. The summed E-state index contributed by atoms with van der Waals surface area (Å²) in [6.07, 6.45) is 1.71. The zero-order valence-electron chi connectivity index (χ0n) is 7.40. The molecule has 6 heteroatoms. The van der Waals surface area contributed by atoms with E-state index in [1.54, 1.807) is 6.08 Å². The summed E-state index contributed by atoms with van der Waals surface area (Å²) in [7, 11) is 0. The van der Waals surface area contributed by atoms with Crippen molar-refractivity contribution in [2.24, 2.45) is 0 Å². The van der Waals surface area contributed by atoms with Crippen LogP contribution in [0.2, 0.25) is 0 Å². The average molecular weight is 205 g/mol. The molecule has 1 aliphatic heterocycles. The van der Waals surface area contributed by atoms with Crippen LogP contribution >= 0.6 is 0 Å². The second kappa shape index (κ2) is 5.46. The van der Waals surface area contributed by atoms with Crippen LogP contribution in [0.1, 0.15) is 0 Å². The highest BCUT2D eigenvalue weighted by atomic mass is 32.2. The molecule has 0 radical (unpaired) electrons. The van der Waals surface area contributed by atoms with Gasteiger partial charge in [0.1, 0.15) is 0 Å². The highest BCUT2D eigenvalue weighted by Crippen LogP contribution is 2.00. The second-order valence-electron chi connectivity index (χ2n) is 2.87. The van der Waals surface area contributed by atoms with Gasteiger partial charge in [-0.3, -0.25) is 9.45 Å². The van der Waals surface area contributed by atoms with E-state index in [2.05, 4.69) is 21.5 Å². The summed E-state index contributed by atoms with van der Waals surface area (Å²) in [4.78, 5) is 2.07. The predicted octanol–water partition coefficient (Wildman–Crippen LogP) is -0.870. The number of nitrogens with one attached hydrogen (secondary N) is 2. The molecule has 0 amide bonds. The fourth-order valence-electron chi connectivity index (χ4n) is 1.36. The normalized spacial score (nSPS) is 27.0. The first kappa shape index (κ1) is 10.8. The van der Waals surface area contributed by atoms with Crippen LogP contribution in [0.25, 0.3) is 0 Å². The van der Waals surface area contributed by atoms with Gasteiger partial charge in [-0.05, 0) is 0 Å². The van der Waals surface area contributed by atoms with Crippen LogP contribution < -0.4 is 10.0 Å². The maximum absolute atomic E-state index is 10.5. The van der Waals surface area contributed by atoms with Crippen molar-refractivity contribution in [3.63, 3.8) is 0 Å². The number of piperazine rings is 1. The largest absolute Gasteiger partial charge is 0.313 e. The van der Waals surface area contributed by atoms with Gasteiger partial charge in [-0.1, -0.05) is 6.08 Å². The maximum atomic E-state index is 10.5. The third-order valence-corrected chi connectivity index (χ3v) is 2.43. The van der Waals surface area contributed by atoms with E-state index < -0.39 is 11.3 Å². The van der Waals surface area contributed by atoms with Gasteiger partial charge < -0.3 is 5.32 Å². The fraction of sp³-hybridized carbons (Fsp3) is 0.714. The lowest BCUT2D eigenvalue weighted by molar-refractivity contribution is 0.169. The summed E-state index contributed by atoms with van der Waals surface area (Å²) in [6.45, 7) is 6.82. The van der Waals surface area contributed by atoms with Crippen LogP contribution in [0.15, 0.2) is 12.7 Å². The Labute approximate surface area is 80.6 Å². The molecule has 3 N–H and O–H groups in total. The smallest absolute Gasteiger partial charge is 0.233 e. The topological polar surface area (TPSA) is 64.6 Å². The van der Waals surface area contributed by atoms with E-state index >= 15 is 0 Å². The lowest BCUT2D eigenvalue weighted by Crippen LogP contribution is -2.57. The Hall–Kier alpha value is -0.270. The first-order valence-electron chi connectivity index (χ1n) is 4.16. The summed E-state index contributed by atoms with van der Waals surface area (Å²) in [5.74, 6) is 0. The van der Waals surface area contributed by atoms with Gasteiger partial charge in [-0.15, -0.1) is 6.58 Å². The molecule has 0 aliphatic carbocycles. The molecule has 1 rings (SSSR count). The van der Waals surface area contributed by atoms with Gasteiger partial charge in [0.15, 0.2) is 0 Å². The zero-order chi connectivity index (χ0) is 9.68. The molecule has 0 spiro atoms. The van der Waals surface area contributed by atoms with Crippen molar-refractivity contribution in [2.75, 3.05) is 26.2 Å². The van der Waals surface area contributed by atoms with Crippen molar-refractivity contribution in [2.45, 2.75) is 6.17 Å². The highest BCUT2D eigenvalue weighted by Gasteiger charge is 2.21. The Balaban J connectivity index is 2.45. The van der Waals surface area contributed by atoms with Crippen LogP contribution in [0, 0.1) is 0 Å². The van der Waals surface area contributed by atoms with Gasteiger partial charge >= 0.3 is 0 Å². The molecule has 1 saturated heterocycles. The number of hydrogen-bond donors (Lipinski definition) is 3. The Morgan fingerprint density at radius 1 is 1.85 bits per heavy atom. The van der Waals surface area contributed by atoms with Crippen molar-refractivity contribution in [1.82, 2.24) is 14.9 Å². The number of hydrogen-bond acceptors (Lipinski definition) is 3. The fourth-order valence-corrected chi connectivity index (χ4v) is 1.83. The Bertz CT molecular complexity index is 200. The molecular formula is C7H15N3O2S. The van der Waals surface area contributed by atoms with Crippen molar-refractivity contribution < 1.29 is 8.76 Å². The standard InChI is InChI=1S/C7H15N3O2S/c1-2-4-10-5-3-8-6-7(10)9-13(11)12/h2,7-9H,1,3-6H2,(H,11,12). The van der Waals surface area contributed by atoms with Gasteiger partial charge in [0, 0.05) is 26.2 Å². The van der Waals surface area contributed by atoms with Gasteiger partial charge in [-0.2, -0.15) is 4.72 Å². The molecule has 76 valence electrons. The van der Waals surface area contributed by atoms with Gasteiger partial charge in [0.2, 0.25) is 11.3 Å². The van der Waals surface area contributed by atoms with E-state index in [9.17, 15) is 4.21 Å². The molecule has 2 unspecified atom stereocenters. The zero-order valence-corrected chi connectivity index (χ0v) is 8.22. The monoisotopic (exact) mass is 205 g/mol. The molecule has 1 heterocycles. The lowest BCUT2D eigenvalue weighted by atomic mass is 10.3. The maximum Gasteiger partial charge on any atom is 0.233 e. The lowest BCUT2D eigenvalue weighted by Gasteiger charge is -2.34. The molecule has 0 aromatic carbocycles. The van der Waals surface area contributed by atoms with E-state index in [0.29, 0.717) is 6.54 Å². The van der Waals surface area contributed by atoms with E-state index in [0.717, 1.165) is 19.6 Å². The third kappa shape index (κ3) is 3.53. The first-order chi connectivity index (χ1) is 6.24. The summed E-state index contributed by atoms with van der Waals surface area (Å²) in [5, 5.41) is 3.14. The molecular weight excluding hydrogens is 190 g/mol. The molecule has 1 aliphatic rings. The van der Waals surface area contributed by atoms with Crippen molar-refractivity contribution >= 4 is 11.3 Å². The molecule has 0 aromatic heterocycles. The summed E-state index contributed by atoms with van der Waals surface area (Å²) < 4.78 is 21.8. The molecule has 0 bridgehead atoms. The van der Waals surface area contributed by atoms with Gasteiger partial charge in [0.25, 0.3) is 0 Å². The van der Waals surface area contributed by atoms with Crippen molar-refractivity contribution in [3.05, 3.63) is 12.7 Å². The highest BCUT2D eigenvalue weighted by molar-refractivity contribution is 7.77. The molecule has 0 aromatic rings. The Morgan fingerprint density at radius 3 is 3.23 bits per heavy atom. The second-order valence-corrected chi connectivity index (χ2v) is 3.60. The molecule has 13 heavy (non-hydrogen) atoms. The first-order valence-corrected chi connectivity index (χ1v) is 5.27. The van der Waals surface area contributed by atoms with Gasteiger partial charge in [-0.25, -0.2) is 4.21 Å². The number of rotatable bonds is 4. The average Bonchev–Trinajstić information content (AvgIpc) is 2.08. The summed E-state index contributed by atoms with van der Waals surface area (Å²) in [6, 6.07) is 0. The van der Waals surface area contributed by atoms with Crippen LogP contribution in [-0.2, 0) is 11.3 Å². The molecule has 0 saturated carbocycles. The minimum absolute atomic E-state index is 0.0856. The van der Waals surface area contributed by atoms with E-state index in [1.807, 2.05) is 0 Å². The van der Waals surface area contributed by atoms with E-state index in [4.69, 9.17) is 4.55 Å².